The summed E-state index contributed by atoms with van der Waals surface area (Å²) in [6.07, 6.45) is -0.521. The maximum Gasteiger partial charge on any atom is 0.422 e. The van der Waals surface area contributed by atoms with Gasteiger partial charge in [0.25, 0.3) is 0 Å². The number of rotatable bonds is 9. The van der Waals surface area contributed by atoms with Crippen molar-refractivity contribution in [2.24, 2.45) is 12.0 Å². The van der Waals surface area contributed by atoms with Crippen molar-refractivity contribution in [3.05, 3.63) is 47.8 Å². The van der Waals surface area contributed by atoms with Gasteiger partial charge in [-0.1, -0.05) is 12.1 Å². The molecule has 0 bridgehead atoms. The molecular weight excluding hydrogens is 397 g/mol. The first kappa shape index (κ1) is 23.5. The van der Waals surface area contributed by atoms with Crippen LogP contribution in [0.3, 0.4) is 0 Å². The molecule has 7 nitrogen and oxygen atoms in total. The highest BCUT2D eigenvalue weighted by molar-refractivity contribution is 5.79. The number of nitrogens with one attached hydrogen (secondary N) is 2. The Labute approximate surface area is 174 Å². The summed E-state index contributed by atoms with van der Waals surface area (Å²) in [6, 6.07) is 6.56. The van der Waals surface area contributed by atoms with Gasteiger partial charge in [0.05, 0.1) is 18.8 Å². The number of ether oxygens (including phenoxy) is 1. The third kappa shape index (κ3) is 7.94. The van der Waals surface area contributed by atoms with Crippen LogP contribution in [0.4, 0.5) is 13.2 Å². The minimum atomic E-state index is -4.35. The quantitative estimate of drug-likeness (QED) is 0.477. The largest absolute Gasteiger partial charge is 0.484 e. The molecule has 1 atom stereocenters. The Morgan fingerprint density at radius 2 is 1.93 bits per heavy atom. The Kier molecular flexibility index (Phi) is 8.52. The number of likely N-dealkylation sites (N-methyl/N-ethyl adjacent to an activating group) is 1. The molecule has 0 saturated carbocycles. The van der Waals surface area contributed by atoms with Crippen LogP contribution in [-0.4, -0.2) is 60.6 Å². The van der Waals surface area contributed by atoms with Crippen molar-refractivity contribution in [2.75, 3.05) is 33.8 Å². The number of benzene rings is 1. The summed E-state index contributed by atoms with van der Waals surface area (Å²) in [6.45, 7) is 2.40. The topological polar surface area (TPSA) is 66.7 Å². The Bertz CT molecular complexity index is 802. The van der Waals surface area contributed by atoms with E-state index >= 15 is 0 Å². The van der Waals surface area contributed by atoms with Gasteiger partial charge in [0.1, 0.15) is 5.75 Å². The minimum Gasteiger partial charge on any atom is -0.484 e. The van der Waals surface area contributed by atoms with Crippen molar-refractivity contribution < 1.29 is 17.9 Å². The molecular formula is C20H29F3N6O. The van der Waals surface area contributed by atoms with Gasteiger partial charge < -0.3 is 20.3 Å². The summed E-state index contributed by atoms with van der Waals surface area (Å²) in [5.74, 6) is 0.834. The van der Waals surface area contributed by atoms with E-state index in [-0.39, 0.29) is 11.8 Å². The number of aromatic nitrogens is 2. The second kappa shape index (κ2) is 10.9. The first-order chi connectivity index (χ1) is 14.2. The zero-order chi connectivity index (χ0) is 22.1. The predicted molar refractivity (Wildman–Crippen MR) is 110 cm³/mol. The third-order valence-corrected chi connectivity index (χ3v) is 4.29. The van der Waals surface area contributed by atoms with Crippen LogP contribution in [0, 0.1) is 0 Å². The number of alkyl halides is 3. The molecule has 0 aliphatic rings. The van der Waals surface area contributed by atoms with Crippen LogP contribution in [0.25, 0.3) is 0 Å². The van der Waals surface area contributed by atoms with Gasteiger partial charge in [0.15, 0.2) is 12.6 Å². The van der Waals surface area contributed by atoms with E-state index in [0.717, 1.165) is 11.1 Å². The average molecular weight is 426 g/mol. The van der Waals surface area contributed by atoms with E-state index in [1.807, 2.05) is 40.5 Å². The highest BCUT2D eigenvalue weighted by Crippen LogP contribution is 2.19. The van der Waals surface area contributed by atoms with E-state index in [0.29, 0.717) is 25.6 Å². The van der Waals surface area contributed by atoms with Crippen LogP contribution < -0.4 is 15.4 Å². The zero-order valence-corrected chi connectivity index (χ0v) is 17.7. The second-order valence-electron chi connectivity index (χ2n) is 7.05. The molecule has 0 spiro atoms. The number of aliphatic imine (C=N–C) groups is 1. The SMILES string of the molecule is CCNC(=NCc1ccc(OCC(F)(F)F)cc1)NCC(c1cnn(C)c1)N(C)C. The molecule has 0 fully saturated rings. The summed E-state index contributed by atoms with van der Waals surface area (Å²) in [7, 11) is 5.90. The van der Waals surface area contributed by atoms with Crippen LogP contribution in [0.2, 0.25) is 0 Å². The van der Waals surface area contributed by atoms with E-state index in [1.165, 1.54) is 12.1 Å². The summed E-state index contributed by atoms with van der Waals surface area (Å²) >= 11 is 0. The van der Waals surface area contributed by atoms with Crippen molar-refractivity contribution in [1.29, 1.82) is 0 Å². The number of aryl methyl sites for hydroxylation is 1. The van der Waals surface area contributed by atoms with Crippen molar-refractivity contribution in [1.82, 2.24) is 25.3 Å². The van der Waals surface area contributed by atoms with E-state index < -0.39 is 12.8 Å². The first-order valence-electron chi connectivity index (χ1n) is 9.63. The van der Waals surface area contributed by atoms with Gasteiger partial charge in [-0.3, -0.25) is 4.68 Å². The van der Waals surface area contributed by atoms with Gasteiger partial charge in [0, 0.05) is 31.9 Å². The molecule has 30 heavy (non-hydrogen) atoms. The lowest BCUT2D eigenvalue weighted by Gasteiger charge is -2.24. The second-order valence-corrected chi connectivity index (χ2v) is 7.05. The Balaban J connectivity index is 1.96. The number of halogens is 3. The molecule has 0 amide bonds. The number of guanidine groups is 1. The predicted octanol–water partition coefficient (Wildman–Crippen LogP) is 2.72. The van der Waals surface area contributed by atoms with Crippen LogP contribution in [-0.2, 0) is 13.6 Å². The number of nitrogens with zero attached hydrogens (tertiary/aromatic N) is 4. The highest BCUT2D eigenvalue weighted by Gasteiger charge is 2.28. The van der Waals surface area contributed by atoms with Gasteiger partial charge in [-0.05, 0) is 38.7 Å². The lowest BCUT2D eigenvalue weighted by molar-refractivity contribution is -0.153. The fourth-order valence-electron chi connectivity index (χ4n) is 2.77. The van der Waals surface area contributed by atoms with E-state index in [1.54, 1.807) is 16.8 Å². The molecule has 2 rings (SSSR count). The van der Waals surface area contributed by atoms with Crippen LogP contribution in [0.1, 0.15) is 24.1 Å². The minimum absolute atomic E-state index is 0.118. The van der Waals surface area contributed by atoms with Gasteiger partial charge in [-0.25, -0.2) is 4.99 Å². The summed E-state index contributed by atoms with van der Waals surface area (Å²) in [4.78, 5) is 6.67. The van der Waals surface area contributed by atoms with Crippen molar-refractivity contribution in [3.63, 3.8) is 0 Å². The van der Waals surface area contributed by atoms with E-state index in [4.69, 9.17) is 4.74 Å². The van der Waals surface area contributed by atoms with Gasteiger partial charge >= 0.3 is 6.18 Å². The van der Waals surface area contributed by atoms with Crippen LogP contribution in [0.5, 0.6) is 5.75 Å². The van der Waals surface area contributed by atoms with Crippen molar-refractivity contribution in [2.45, 2.75) is 25.7 Å². The molecule has 1 aromatic heterocycles. The normalized spacial score (nSPS) is 13.4. The maximum absolute atomic E-state index is 12.2. The lowest BCUT2D eigenvalue weighted by atomic mass is 10.1. The molecule has 0 radical (unpaired) electrons. The smallest absolute Gasteiger partial charge is 0.422 e. The molecule has 1 aromatic carbocycles. The fourth-order valence-corrected chi connectivity index (χ4v) is 2.77. The molecule has 2 N–H and O–H groups in total. The van der Waals surface area contributed by atoms with Gasteiger partial charge in [0.2, 0.25) is 0 Å². The van der Waals surface area contributed by atoms with Gasteiger partial charge in [-0.15, -0.1) is 0 Å². The Hall–Kier alpha value is -2.75. The third-order valence-electron chi connectivity index (χ3n) is 4.29. The van der Waals surface area contributed by atoms with Crippen molar-refractivity contribution >= 4 is 5.96 Å². The zero-order valence-electron chi connectivity index (χ0n) is 17.7. The van der Waals surface area contributed by atoms with Crippen molar-refractivity contribution in [3.8, 4) is 5.75 Å². The Morgan fingerprint density at radius 1 is 1.23 bits per heavy atom. The molecule has 1 unspecified atom stereocenters. The standard InChI is InChI=1S/C20H29F3N6O/c1-5-24-19(26-12-18(28(2)3)16-11-27-29(4)13-16)25-10-15-6-8-17(9-7-15)30-14-20(21,22)23/h6-9,11,13,18H,5,10,12,14H2,1-4H3,(H2,24,25,26). The summed E-state index contributed by atoms with van der Waals surface area (Å²) in [5, 5.41) is 10.8. The molecule has 0 saturated heterocycles. The highest BCUT2D eigenvalue weighted by atomic mass is 19.4. The molecule has 1 heterocycles. The fraction of sp³-hybridized carbons (Fsp3) is 0.500. The summed E-state index contributed by atoms with van der Waals surface area (Å²) in [5.41, 5.74) is 1.96. The van der Waals surface area contributed by atoms with Gasteiger partial charge in [-0.2, -0.15) is 18.3 Å². The van der Waals surface area contributed by atoms with Crippen LogP contribution >= 0.6 is 0 Å². The first-order valence-corrected chi connectivity index (χ1v) is 9.63. The number of hydrogen-bond donors (Lipinski definition) is 2. The summed E-state index contributed by atoms with van der Waals surface area (Å²) < 4.78 is 43.2. The monoisotopic (exact) mass is 426 g/mol. The average Bonchev–Trinajstić information content (AvgIpc) is 3.10. The molecule has 166 valence electrons. The lowest BCUT2D eigenvalue weighted by Crippen LogP contribution is -2.41. The van der Waals surface area contributed by atoms with E-state index in [2.05, 4.69) is 25.6 Å². The van der Waals surface area contributed by atoms with Crippen LogP contribution in [0.15, 0.2) is 41.7 Å². The Morgan fingerprint density at radius 3 is 2.47 bits per heavy atom. The molecule has 0 aliphatic heterocycles. The maximum atomic E-state index is 12.2. The molecule has 0 aliphatic carbocycles. The molecule has 10 heteroatoms. The number of hydrogen-bond acceptors (Lipinski definition) is 4. The van der Waals surface area contributed by atoms with E-state index in [9.17, 15) is 13.2 Å². The molecule has 2 aromatic rings.